The van der Waals surface area contributed by atoms with E-state index >= 15 is 0 Å². The van der Waals surface area contributed by atoms with Crippen LogP contribution in [0, 0.1) is 0 Å². The van der Waals surface area contributed by atoms with Gasteiger partial charge in [0.1, 0.15) is 5.60 Å². The molecule has 1 fully saturated rings. The van der Waals surface area contributed by atoms with E-state index in [1.54, 1.807) is 0 Å². The van der Waals surface area contributed by atoms with Gasteiger partial charge in [-0.25, -0.2) is 0 Å². The average molecular weight is 210 g/mol. The van der Waals surface area contributed by atoms with Crippen molar-refractivity contribution in [3.05, 3.63) is 17.5 Å². The highest BCUT2D eigenvalue weighted by molar-refractivity contribution is 5.90. The van der Waals surface area contributed by atoms with E-state index in [2.05, 4.69) is 5.16 Å². The lowest BCUT2D eigenvalue weighted by atomic mass is 9.83. The average Bonchev–Trinajstić information content (AvgIpc) is 2.68. The minimum atomic E-state index is -0.959. The Kier molecular flexibility index (Phi) is 2.48. The third kappa shape index (κ3) is 1.87. The fourth-order valence-corrected chi connectivity index (χ4v) is 1.99. The molecule has 2 rings (SSSR count). The standard InChI is InChI=1S/C10H14N2O3/c11-9(13)7-6-8(15-12-7)10(14)4-2-1-3-5-10/h6,14H,1-5H2,(H2,11,13). The number of nitrogens with two attached hydrogens (primary N) is 1. The van der Waals surface area contributed by atoms with Crippen LogP contribution in [0.15, 0.2) is 10.6 Å². The molecule has 15 heavy (non-hydrogen) atoms. The Labute approximate surface area is 87.2 Å². The van der Waals surface area contributed by atoms with Gasteiger partial charge in [-0.1, -0.05) is 24.4 Å². The van der Waals surface area contributed by atoms with Crippen molar-refractivity contribution in [3.63, 3.8) is 0 Å². The molecule has 0 radical (unpaired) electrons. The smallest absolute Gasteiger partial charge is 0.270 e. The summed E-state index contributed by atoms with van der Waals surface area (Å²) in [5, 5.41) is 13.8. The van der Waals surface area contributed by atoms with Crippen molar-refractivity contribution < 1.29 is 14.4 Å². The number of hydrogen-bond acceptors (Lipinski definition) is 4. The Bertz CT molecular complexity index is 366. The highest BCUT2D eigenvalue weighted by atomic mass is 16.5. The second-order valence-electron chi connectivity index (χ2n) is 4.03. The van der Waals surface area contributed by atoms with E-state index in [0.29, 0.717) is 18.6 Å². The van der Waals surface area contributed by atoms with Crippen LogP contribution in [-0.2, 0) is 5.60 Å². The zero-order valence-electron chi connectivity index (χ0n) is 8.40. The first-order valence-corrected chi connectivity index (χ1v) is 5.11. The molecule has 5 nitrogen and oxygen atoms in total. The molecule has 1 aromatic rings. The molecule has 0 unspecified atom stereocenters. The maximum Gasteiger partial charge on any atom is 0.270 e. The second kappa shape index (κ2) is 3.66. The van der Waals surface area contributed by atoms with E-state index < -0.39 is 11.5 Å². The third-order valence-corrected chi connectivity index (χ3v) is 2.90. The lowest BCUT2D eigenvalue weighted by molar-refractivity contribution is -0.0241. The summed E-state index contributed by atoms with van der Waals surface area (Å²) in [6.07, 6.45) is 4.35. The quantitative estimate of drug-likeness (QED) is 0.759. The predicted octanol–water partition coefficient (Wildman–Crippen LogP) is 0.925. The van der Waals surface area contributed by atoms with Crippen LogP contribution < -0.4 is 5.73 Å². The van der Waals surface area contributed by atoms with Crippen molar-refractivity contribution in [1.29, 1.82) is 0 Å². The van der Waals surface area contributed by atoms with Crippen LogP contribution >= 0.6 is 0 Å². The maximum atomic E-state index is 10.8. The molecule has 1 heterocycles. The summed E-state index contributed by atoms with van der Waals surface area (Å²) < 4.78 is 4.97. The van der Waals surface area contributed by atoms with Crippen molar-refractivity contribution in [1.82, 2.24) is 5.16 Å². The minimum Gasteiger partial charge on any atom is -0.382 e. The lowest BCUT2D eigenvalue weighted by Gasteiger charge is -2.29. The number of aromatic nitrogens is 1. The molecule has 0 spiro atoms. The molecule has 0 atom stereocenters. The van der Waals surface area contributed by atoms with E-state index in [4.69, 9.17) is 10.3 Å². The van der Waals surface area contributed by atoms with Gasteiger partial charge in [-0.05, 0) is 12.8 Å². The van der Waals surface area contributed by atoms with Crippen LogP contribution in [0.2, 0.25) is 0 Å². The second-order valence-corrected chi connectivity index (χ2v) is 4.03. The van der Waals surface area contributed by atoms with Crippen LogP contribution in [0.25, 0.3) is 0 Å². The Morgan fingerprint density at radius 3 is 2.67 bits per heavy atom. The Morgan fingerprint density at radius 2 is 2.13 bits per heavy atom. The van der Waals surface area contributed by atoms with Gasteiger partial charge in [0.2, 0.25) is 0 Å². The molecular formula is C10H14N2O3. The molecule has 1 aliphatic carbocycles. The molecule has 0 aromatic carbocycles. The maximum absolute atomic E-state index is 10.8. The Hall–Kier alpha value is -1.36. The van der Waals surface area contributed by atoms with E-state index in [1.165, 1.54) is 6.07 Å². The number of aliphatic hydroxyl groups is 1. The first-order chi connectivity index (χ1) is 7.12. The van der Waals surface area contributed by atoms with Crippen LogP contribution in [0.1, 0.15) is 48.4 Å². The van der Waals surface area contributed by atoms with Crippen molar-refractivity contribution in [2.45, 2.75) is 37.7 Å². The van der Waals surface area contributed by atoms with E-state index in [1.807, 2.05) is 0 Å². The first-order valence-electron chi connectivity index (χ1n) is 5.11. The number of nitrogens with zero attached hydrogens (tertiary/aromatic N) is 1. The monoisotopic (exact) mass is 210 g/mol. The van der Waals surface area contributed by atoms with Crippen molar-refractivity contribution in [2.24, 2.45) is 5.73 Å². The number of carbonyl (C=O) groups is 1. The first kappa shape index (κ1) is 10.2. The van der Waals surface area contributed by atoms with Crippen LogP contribution in [0.5, 0.6) is 0 Å². The molecule has 0 bridgehead atoms. The normalized spacial score (nSPS) is 20.1. The predicted molar refractivity (Wildman–Crippen MR) is 52.0 cm³/mol. The van der Waals surface area contributed by atoms with Crippen LogP contribution in [-0.4, -0.2) is 16.2 Å². The highest BCUT2D eigenvalue weighted by Gasteiger charge is 2.35. The topological polar surface area (TPSA) is 89.4 Å². The molecule has 0 aliphatic heterocycles. The molecule has 0 saturated heterocycles. The van der Waals surface area contributed by atoms with Crippen molar-refractivity contribution in [3.8, 4) is 0 Å². The van der Waals surface area contributed by atoms with Crippen molar-refractivity contribution >= 4 is 5.91 Å². The lowest BCUT2D eigenvalue weighted by Crippen LogP contribution is -2.27. The summed E-state index contributed by atoms with van der Waals surface area (Å²) >= 11 is 0. The van der Waals surface area contributed by atoms with Gasteiger partial charge in [-0.2, -0.15) is 0 Å². The minimum absolute atomic E-state index is 0.0731. The number of primary amides is 1. The van der Waals surface area contributed by atoms with Crippen molar-refractivity contribution in [2.75, 3.05) is 0 Å². The van der Waals surface area contributed by atoms with Gasteiger partial charge in [-0.15, -0.1) is 0 Å². The van der Waals surface area contributed by atoms with Gasteiger partial charge < -0.3 is 15.4 Å². The number of rotatable bonds is 2. The fourth-order valence-electron chi connectivity index (χ4n) is 1.99. The molecule has 1 aromatic heterocycles. The fraction of sp³-hybridized carbons (Fsp3) is 0.600. The molecule has 5 heteroatoms. The Balaban J connectivity index is 2.23. The molecule has 1 aliphatic rings. The summed E-state index contributed by atoms with van der Waals surface area (Å²) in [6.45, 7) is 0. The third-order valence-electron chi connectivity index (χ3n) is 2.90. The summed E-state index contributed by atoms with van der Waals surface area (Å²) in [5.41, 5.74) is 4.17. The van der Waals surface area contributed by atoms with Gasteiger partial charge in [-0.3, -0.25) is 4.79 Å². The van der Waals surface area contributed by atoms with Crippen LogP contribution in [0.4, 0.5) is 0 Å². The van der Waals surface area contributed by atoms with E-state index in [9.17, 15) is 9.90 Å². The zero-order valence-corrected chi connectivity index (χ0v) is 8.40. The summed E-state index contributed by atoms with van der Waals surface area (Å²) in [4.78, 5) is 10.8. The summed E-state index contributed by atoms with van der Waals surface area (Å²) in [7, 11) is 0. The van der Waals surface area contributed by atoms with Gasteiger partial charge in [0.15, 0.2) is 11.5 Å². The molecular weight excluding hydrogens is 196 g/mol. The van der Waals surface area contributed by atoms with Crippen LogP contribution in [0.3, 0.4) is 0 Å². The van der Waals surface area contributed by atoms with Gasteiger partial charge in [0.25, 0.3) is 5.91 Å². The summed E-state index contributed by atoms with van der Waals surface area (Å²) in [6, 6.07) is 1.44. The number of carbonyl (C=O) groups excluding carboxylic acids is 1. The zero-order chi connectivity index (χ0) is 10.9. The number of amides is 1. The van der Waals surface area contributed by atoms with E-state index in [0.717, 1.165) is 19.3 Å². The molecule has 3 N–H and O–H groups in total. The van der Waals surface area contributed by atoms with Gasteiger partial charge >= 0.3 is 0 Å². The highest BCUT2D eigenvalue weighted by Crippen LogP contribution is 2.36. The summed E-state index contributed by atoms with van der Waals surface area (Å²) in [5.74, 6) is -0.277. The molecule has 82 valence electrons. The van der Waals surface area contributed by atoms with Gasteiger partial charge in [0.05, 0.1) is 0 Å². The molecule has 1 saturated carbocycles. The van der Waals surface area contributed by atoms with E-state index in [-0.39, 0.29) is 5.69 Å². The van der Waals surface area contributed by atoms with Gasteiger partial charge in [0, 0.05) is 6.07 Å². The SMILES string of the molecule is NC(=O)c1cc(C2(O)CCCCC2)on1. The molecule has 1 amide bonds. The largest absolute Gasteiger partial charge is 0.382 e. The number of hydrogen-bond donors (Lipinski definition) is 2. The Morgan fingerprint density at radius 1 is 1.47 bits per heavy atom.